The standard InChI is InChI=1S/C14H7F2IN2O/c15-9-5-8-12(6-10(9)16)18-13(19-14(8)20)7-3-1-2-4-11(7)17/h1-6H,(H,18,19,20). The van der Waals surface area contributed by atoms with Crippen molar-refractivity contribution in [2.75, 3.05) is 0 Å². The molecule has 6 heteroatoms. The molecule has 2 aromatic carbocycles. The van der Waals surface area contributed by atoms with Crippen LogP contribution in [0.25, 0.3) is 22.3 Å². The van der Waals surface area contributed by atoms with Crippen LogP contribution in [0.1, 0.15) is 0 Å². The number of H-pyrrole nitrogens is 1. The van der Waals surface area contributed by atoms with Crippen molar-refractivity contribution in [3.8, 4) is 11.4 Å². The van der Waals surface area contributed by atoms with Gasteiger partial charge >= 0.3 is 0 Å². The van der Waals surface area contributed by atoms with Crippen LogP contribution in [0.3, 0.4) is 0 Å². The molecule has 3 rings (SSSR count). The van der Waals surface area contributed by atoms with E-state index in [0.29, 0.717) is 5.82 Å². The first kappa shape index (κ1) is 13.2. The fourth-order valence-electron chi connectivity index (χ4n) is 1.91. The first-order valence-corrected chi connectivity index (χ1v) is 6.78. The lowest BCUT2D eigenvalue weighted by atomic mass is 10.2. The molecule has 0 aliphatic heterocycles. The molecule has 1 aromatic heterocycles. The van der Waals surface area contributed by atoms with Crippen molar-refractivity contribution in [3.63, 3.8) is 0 Å². The van der Waals surface area contributed by atoms with Gasteiger partial charge < -0.3 is 4.98 Å². The molecule has 20 heavy (non-hydrogen) atoms. The summed E-state index contributed by atoms with van der Waals surface area (Å²) in [4.78, 5) is 18.8. The summed E-state index contributed by atoms with van der Waals surface area (Å²) in [7, 11) is 0. The predicted octanol–water partition coefficient (Wildman–Crippen LogP) is 3.47. The topological polar surface area (TPSA) is 45.8 Å². The van der Waals surface area contributed by atoms with Gasteiger partial charge in [0.05, 0.1) is 10.9 Å². The molecule has 0 saturated carbocycles. The number of rotatable bonds is 1. The molecule has 0 spiro atoms. The van der Waals surface area contributed by atoms with Gasteiger partial charge in [0.2, 0.25) is 0 Å². The van der Waals surface area contributed by atoms with Crippen molar-refractivity contribution in [1.82, 2.24) is 9.97 Å². The Hall–Kier alpha value is -1.83. The van der Waals surface area contributed by atoms with Crippen molar-refractivity contribution in [2.45, 2.75) is 0 Å². The van der Waals surface area contributed by atoms with E-state index >= 15 is 0 Å². The maximum absolute atomic E-state index is 13.3. The number of aromatic nitrogens is 2. The van der Waals surface area contributed by atoms with Crippen LogP contribution < -0.4 is 5.56 Å². The number of nitrogens with zero attached hydrogens (tertiary/aromatic N) is 1. The summed E-state index contributed by atoms with van der Waals surface area (Å²) < 4.78 is 27.3. The highest BCUT2D eigenvalue weighted by Gasteiger charge is 2.11. The third kappa shape index (κ3) is 2.20. The van der Waals surface area contributed by atoms with Gasteiger partial charge in [0.1, 0.15) is 5.82 Å². The molecule has 0 aliphatic rings. The molecule has 0 amide bonds. The average molecular weight is 384 g/mol. The summed E-state index contributed by atoms with van der Waals surface area (Å²) in [6.45, 7) is 0. The molecule has 1 N–H and O–H groups in total. The third-order valence-electron chi connectivity index (χ3n) is 2.88. The number of benzene rings is 2. The highest BCUT2D eigenvalue weighted by molar-refractivity contribution is 14.1. The second-order valence-corrected chi connectivity index (χ2v) is 5.34. The Morgan fingerprint density at radius 2 is 1.80 bits per heavy atom. The molecular formula is C14H7F2IN2O. The minimum Gasteiger partial charge on any atom is -0.306 e. The Morgan fingerprint density at radius 1 is 1.10 bits per heavy atom. The maximum atomic E-state index is 13.3. The second-order valence-electron chi connectivity index (χ2n) is 4.18. The molecule has 0 bridgehead atoms. The SMILES string of the molecule is O=c1[nH]c(-c2ccccc2I)nc2cc(F)c(F)cc12. The van der Waals surface area contributed by atoms with Crippen LogP contribution in [0.5, 0.6) is 0 Å². The summed E-state index contributed by atoms with van der Waals surface area (Å²) in [6.07, 6.45) is 0. The Balaban J connectivity index is 2.33. The molecule has 0 unspecified atom stereocenters. The average Bonchev–Trinajstić information content (AvgIpc) is 2.41. The van der Waals surface area contributed by atoms with Crippen molar-refractivity contribution in [2.24, 2.45) is 0 Å². The van der Waals surface area contributed by atoms with Gasteiger partial charge in [-0.2, -0.15) is 0 Å². The second kappa shape index (κ2) is 4.93. The maximum Gasteiger partial charge on any atom is 0.259 e. The van der Waals surface area contributed by atoms with E-state index in [2.05, 4.69) is 32.6 Å². The van der Waals surface area contributed by atoms with Crippen LogP contribution in [-0.2, 0) is 0 Å². The van der Waals surface area contributed by atoms with E-state index in [9.17, 15) is 13.6 Å². The Labute approximate surface area is 125 Å². The van der Waals surface area contributed by atoms with Gasteiger partial charge in [-0.1, -0.05) is 18.2 Å². The fraction of sp³-hybridized carbons (Fsp3) is 0. The van der Waals surface area contributed by atoms with Crippen LogP contribution in [0.2, 0.25) is 0 Å². The molecule has 3 nitrogen and oxygen atoms in total. The minimum atomic E-state index is -1.06. The van der Waals surface area contributed by atoms with E-state index < -0.39 is 17.2 Å². The van der Waals surface area contributed by atoms with Crippen LogP contribution in [0, 0.1) is 15.2 Å². The van der Waals surface area contributed by atoms with Gasteiger partial charge in [-0.15, -0.1) is 0 Å². The zero-order valence-electron chi connectivity index (χ0n) is 9.95. The Bertz CT molecular complexity index is 877. The zero-order chi connectivity index (χ0) is 14.3. The van der Waals surface area contributed by atoms with Crippen molar-refractivity contribution < 1.29 is 8.78 Å². The van der Waals surface area contributed by atoms with Gasteiger partial charge in [0.15, 0.2) is 11.6 Å². The van der Waals surface area contributed by atoms with Crippen molar-refractivity contribution in [1.29, 1.82) is 0 Å². The molecule has 1 heterocycles. The Morgan fingerprint density at radius 3 is 2.55 bits per heavy atom. The van der Waals surface area contributed by atoms with E-state index in [4.69, 9.17) is 0 Å². The molecule has 0 radical (unpaired) electrons. The first-order valence-electron chi connectivity index (χ1n) is 5.70. The van der Waals surface area contributed by atoms with E-state index in [1.54, 1.807) is 6.07 Å². The molecule has 100 valence electrons. The summed E-state index contributed by atoms with van der Waals surface area (Å²) in [6, 6.07) is 9.12. The quantitative estimate of drug-likeness (QED) is 0.654. The lowest BCUT2D eigenvalue weighted by Crippen LogP contribution is -2.10. The number of aromatic amines is 1. The highest BCUT2D eigenvalue weighted by Crippen LogP contribution is 2.22. The van der Waals surface area contributed by atoms with Gasteiger partial charge in [-0.3, -0.25) is 4.79 Å². The number of hydrogen-bond donors (Lipinski definition) is 1. The summed E-state index contributed by atoms with van der Waals surface area (Å²) in [5.41, 5.74) is 0.364. The Kier molecular flexibility index (Phi) is 3.25. The third-order valence-corrected chi connectivity index (χ3v) is 3.82. The van der Waals surface area contributed by atoms with Crippen LogP contribution in [0.15, 0.2) is 41.2 Å². The first-order chi connectivity index (χ1) is 9.56. The van der Waals surface area contributed by atoms with E-state index in [-0.39, 0.29) is 10.9 Å². The fourth-order valence-corrected chi connectivity index (χ4v) is 2.56. The van der Waals surface area contributed by atoms with Gasteiger partial charge in [-0.05, 0) is 34.7 Å². The summed E-state index contributed by atoms with van der Waals surface area (Å²) in [5.74, 6) is -1.75. The number of nitrogens with one attached hydrogen (secondary N) is 1. The molecule has 3 aromatic rings. The molecule has 0 atom stereocenters. The number of hydrogen-bond acceptors (Lipinski definition) is 2. The van der Waals surface area contributed by atoms with E-state index in [0.717, 1.165) is 21.3 Å². The van der Waals surface area contributed by atoms with E-state index in [1.807, 2.05) is 18.2 Å². The van der Waals surface area contributed by atoms with Crippen molar-refractivity contribution >= 4 is 33.5 Å². The summed E-state index contributed by atoms with van der Waals surface area (Å²) >= 11 is 2.12. The highest BCUT2D eigenvalue weighted by atomic mass is 127. The minimum absolute atomic E-state index is 0.0265. The van der Waals surface area contributed by atoms with E-state index in [1.165, 1.54) is 0 Å². The molecule has 0 fully saturated rings. The largest absolute Gasteiger partial charge is 0.306 e. The molecular weight excluding hydrogens is 377 g/mol. The van der Waals surface area contributed by atoms with Gasteiger partial charge in [0, 0.05) is 15.2 Å². The van der Waals surface area contributed by atoms with Crippen LogP contribution >= 0.6 is 22.6 Å². The molecule has 0 aliphatic carbocycles. The van der Waals surface area contributed by atoms with Gasteiger partial charge in [-0.25, -0.2) is 13.8 Å². The zero-order valence-corrected chi connectivity index (χ0v) is 12.1. The summed E-state index contributed by atoms with van der Waals surface area (Å²) in [5, 5.41) is 0.0265. The predicted molar refractivity (Wildman–Crippen MR) is 80.4 cm³/mol. The van der Waals surface area contributed by atoms with Crippen LogP contribution in [-0.4, -0.2) is 9.97 Å². The van der Waals surface area contributed by atoms with Crippen LogP contribution in [0.4, 0.5) is 8.78 Å². The van der Waals surface area contributed by atoms with Gasteiger partial charge in [0.25, 0.3) is 5.56 Å². The lowest BCUT2D eigenvalue weighted by Gasteiger charge is -2.05. The lowest BCUT2D eigenvalue weighted by molar-refractivity contribution is 0.510. The monoisotopic (exact) mass is 384 g/mol. The molecule has 0 saturated heterocycles. The number of halogens is 3. The number of fused-ring (bicyclic) bond motifs is 1. The smallest absolute Gasteiger partial charge is 0.259 e. The van der Waals surface area contributed by atoms with Crippen molar-refractivity contribution in [3.05, 3.63) is 62.0 Å². The normalized spacial score (nSPS) is 10.9.